The van der Waals surface area contributed by atoms with E-state index in [0.29, 0.717) is 12.1 Å². The van der Waals surface area contributed by atoms with Crippen molar-refractivity contribution < 1.29 is 27.4 Å². The molecule has 1 amide bonds. The highest BCUT2D eigenvalue weighted by Gasteiger charge is 2.36. The molecule has 0 aliphatic carbocycles. The molecule has 1 aliphatic heterocycles. The fourth-order valence-corrected chi connectivity index (χ4v) is 2.44. The fourth-order valence-electron chi connectivity index (χ4n) is 2.44. The highest BCUT2D eigenvalue weighted by molar-refractivity contribution is 5.68. The van der Waals surface area contributed by atoms with Gasteiger partial charge in [0, 0.05) is 6.54 Å². The SMILES string of the molecule is CC(C)(C)OC(=O)N1CC(N)C(OCc2ccc(C(F)(F)F)cc2)C1. The molecule has 1 aromatic carbocycles. The van der Waals surface area contributed by atoms with Crippen molar-refractivity contribution in [1.82, 2.24) is 4.90 Å². The van der Waals surface area contributed by atoms with Crippen molar-refractivity contribution in [3.05, 3.63) is 35.4 Å². The molecule has 1 saturated heterocycles. The van der Waals surface area contributed by atoms with Crippen LogP contribution in [-0.4, -0.2) is 41.8 Å². The molecule has 0 aromatic heterocycles. The second kappa shape index (κ2) is 7.21. The minimum atomic E-state index is -4.36. The number of hydrogen-bond acceptors (Lipinski definition) is 4. The number of halogens is 3. The van der Waals surface area contributed by atoms with Crippen LogP contribution in [0.3, 0.4) is 0 Å². The summed E-state index contributed by atoms with van der Waals surface area (Å²) >= 11 is 0. The average Bonchev–Trinajstić information content (AvgIpc) is 2.84. The van der Waals surface area contributed by atoms with Gasteiger partial charge < -0.3 is 20.1 Å². The van der Waals surface area contributed by atoms with E-state index in [1.165, 1.54) is 17.0 Å². The molecule has 0 saturated carbocycles. The van der Waals surface area contributed by atoms with Gasteiger partial charge in [0.1, 0.15) is 5.60 Å². The highest BCUT2D eigenvalue weighted by atomic mass is 19.4. The van der Waals surface area contributed by atoms with Crippen molar-refractivity contribution in [3.63, 3.8) is 0 Å². The number of amides is 1. The first-order valence-electron chi connectivity index (χ1n) is 7.97. The van der Waals surface area contributed by atoms with E-state index in [1.54, 1.807) is 20.8 Å². The van der Waals surface area contributed by atoms with E-state index in [0.717, 1.165) is 12.1 Å². The number of carbonyl (C=O) groups excluding carboxylic acids is 1. The van der Waals surface area contributed by atoms with E-state index in [4.69, 9.17) is 15.2 Å². The van der Waals surface area contributed by atoms with Crippen LogP contribution in [0.15, 0.2) is 24.3 Å². The van der Waals surface area contributed by atoms with Gasteiger partial charge in [-0.1, -0.05) is 12.1 Å². The van der Waals surface area contributed by atoms with E-state index >= 15 is 0 Å². The zero-order chi connectivity index (χ0) is 18.8. The topological polar surface area (TPSA) is 64.8 Å². The summed E-state index contributed by atoms with van der Waals surface area (Å²) < 4.78 is 48.6. The number of nitrogens with zero attached hydrogens (tertiary/aromatic N) is 1. The molecule has 2 N–H and O–H groups in total. The van der Waals surface area contributed by atoms with Crippen LogP contribution in [-0.2, 0) is 22.3 Å². The van der Waals surface area contributed by atoms with E-state index < -0.39 is 29.5 Å². The van der Waals surface area contributed by atoms with Gasteiger partial charge in [0.2, 0.25) is 0 Å². The van der Waals surface area contributed by atoms with Crippen LogP contribution in [0.25, 0.3) is 0 Å². The molecule has 2 atom stereocenters. The summed E-state index contributed by atoms with van der Waals surface area (Å²) in [5.74, 6) is 0. The number of rotatable bonds is 3. The number of nitrogens with two attached hydrogens (primary N) is 1. The molecule has 8 heteroatoms. The lowest BCUT2D eigenvalue weighted by Gasteiger charge is -2.24. The molecule has 2 unspecified atom stereocenters. The summed E-state index contributed by atoms with van der Waals surface area (Å²) in [5, 5.41) is 0. The predicted molar refractivity (Wildman–Crippen MR) is 85.8 cm³/mol. The first-order valence-corrected chi connectivity index (χ1v) is 7.97. The van der Waals surface area contributed by atoms with Gasteiger partial charge >= 0.3 is 12.3 Å². The standard InChI is InChI=1S/C17H23F3N2O3/c1-16(2,3)25-15(23)22-8-13(21)14(9-22)24-10-11-4-6-12(7-5-11)17(18,19)20/h4-7,13-14H,8-10,21H2,1-3H3. The van der Waals surface area contributed by atoms with Gasteiger partial charge in [0.05, 0.1) is 30.9 Å². The Balaban J connectivity index is 1.88. The predicted octanol–water partition coefficient (Wildman–Crippen LogP) is 3.17. The van der Waals surface area contributed by atoms with Gasteiger partial charge in [-0.3, -0.25) is 0 Å². The van der Waals surface area contributed by atoms with Gasteiger partial charge in [-0.05, 0) is 38.5 Å². The molecular weight excluding hydrogens is 337 g/mol. The maximum absolute atomic E-state index is 12.5. The summed E-state index contributed by atoms with van der Waals surface area (Å²) in [6.07, 6.45) is -5.21. The molecule has 1 heterocycles. The van der Waals surface area contributed by atoms with Crippen molar-refractivity contribution in [2.24, 2.45) is 5.73 Å². The minimum absolute atomic E-state index is 0.124. The lowest BCUT2D eigenvalue weighted by molar-refractivity contribution is -0.137. The Morgan fingerprint density at radius 2 is 1.80 bits per heavy atom. The lowest BCUT2D eigenvalue weighted by Crippen LogP contribution is -2.36. The Hall–Kier alpha value is -1.80. The maximum atomic E-state index is 12.5. The molecule has 0 bridgehead atoms. The third-order valence-corrected chi connectivity index (χ3v) is 3.71. The van der Waals surface area contributed by atoms with E-state index in [-0.39, 0.29) is 19.2 Å². The quantitative estimate of drug-likeness (QED) is 0.899. The number of ether oxygens (including phenoxy) is 2. The Bertz CT molecular complexity index is 597. The van der Waals surface area contributed by atoms with Gasteiger partial charge in [-0.15, -0.1) is 0 Å². The van der Waals surface area contributed by atoms with Crippen LogP contribution in [0.2, 0.25) is 0 Å². The van der Waals surface area contributed by atoms with Crippen molar-refractivity contribution in [2.75, 3.05) is 13.1 Å². The van der Waals surface area contributed by atoms with Gasteiger partial charge in [0.25, 0.3) is 0 Å². The number of benzene rings is 1. The van der Waals surface area contributed by atoms with Gasteiger partial charge in [0.15, 0.2) is 0 Å². The lowest BCUT2D eigenvalue weighted by atomic mass is 10.1. The Labute approximate surface area is 144 Å². The molecule has 1 fully saturated rings. The Kier molecular flexibility index (Phi) is 5.63. The fraction of sp³-hybridized carbons (Fsp3) is 0.588. The molecular formula is C17H23F3N2O3. The van der Waals surface area contributed by atoms with E-state index in [1.807, 2.05) is 0 Å². The highest BCUT2D eigenvalue weighted by Crippen LogP contribution is 2.29. The van der Waals surface area contributed by atoms with Gasteiger partial charge in [-0.25, -0.2) is 4.79 Å². The van der Waals surface area contributed by atoms with Crippen LogP contribution in [0.4, 0.5) is 18.0 Å². The summed E-state index contributed by atoms with van der Waals surface area (Å²) in [6.45, 7) is 6.06. The molecule has 1 aromatic rings. The number of likely N-dealkylation sites (tertiary alicyclic amines) is 1. The summed E-state index contributed by atoms with van der Waals surface area (Å²) in [4.78, 5) is 13.5. The van der Waals surface area contributed by atoms with E-state index in [9.17, 15) is 18.0 Å². The Morgan fingerprint density at radius 3 is 2.32 bits per heavy atom. The van der Waals surface area contributed by atoms with Crippen molar-refractivity contribution in [2.45, 2.75) is 51.3 Å². The molecule has 140 valence electrons. The maximum Gasteiger partial charge on any atom is 0.416 e. The molecule has 5 nitrogen and oxygen atoms in total. The normalized spacial score (nSPS) is 21.5. The van der Waals surface area contributed by atoms with E-state index in [2.05, 4.69) is 0 Å². The third kappa shape index (κ3) is 5.61. The molecule has 0 spiro atoms. The number of carbonyl (C=O) groups is 1. The summed E-state index contributed by atoms with van der Waals surface area (Å²) in [7, 11) is 0. The van der Waals surface area contributed by atoms with Crippen molar-refractivity contribution in [3.8, 4) is 0 Å². The van der Waals surface area contributed by atoms with Crippen LogP contribution in [0, 0.1) is 0 Å². The van der Waals surface area contributed by atoms with Crippen molar-refractivity contribution >= 4 is 6.09 Å². The van der Waals surface area contributed by atoms with Crippen molar-refractivity contribution in [1.29, 1.82) is 0 Å². The zero-order valence-electron chi connectivity index (χ0n) is 14.5. The average molecular weight is 360 g/mol. The monoisotopic (exact) mass is 360 g/mol. The first kappa shape index (κ1) is 19.5. The largest absolute Gasteiger partial charge is 0.444 e. The Morgan fingerprint density at radius 1 is 1.20 bits per heavy atom. The second-order valence-corrected chi connectivity index (χ2v) is 7.09. The number of hydrogen-bond donors (Lipinski definition) is 1. The van der Waals surface area contributed by atoms with Crippen LogP contribution >= 0.6 is 0 Å². The molecule has 0 radical (unpaired) electrons. The zero-order valence-corrected chi connectivity index (χ0v) is 14.5. The van der Waals surface area contributed by atoms with Crippen LogP contribution < -0.4 is 5.73 Å². The van der Waals surface area contributed by atoms with Gasteiger partial charge in [-0.2, -0.15) is 13.2 Å². The third-order valence-electron chi connectivity index (χ3n) is 3.71. The minimum Gasteiger partial charge on any atom is -0.444 e. The molecule has 1 aliphatic rings. The second-order valence-electron chi connectivity index (χ2n) is 7.09. The number of alkyl halides is 3. The van der Waals surface area contributed by atoms with Crippen LogP contribution in [0.5, 0.6) is 0 Å². The molecule has 25 heavy (non-hydrogen) atoms. The summed E-state index contributed by atoms with van der Waals surface area (Å²) in [6, 6.07) is 4.40. The molecule has 2 rings (SSSR count). The summed E-state index contributed by atoms with van der Waals surface area (Å²) in [5.41, 5.74) is 5.30. The van der Waals surface area contributed by atoms with Crippen LogP contribution in [0.1, 0.15) is 31.9 Å². The first-order chi connectivity index (χ1) is 11.5. The smallest absolute Gasteiger partial charge is 0.416 e.